The molecule has 0 aliphatic carbocycles. The Morgan fingerprint density at radius 2 is 1.85 bits per heavy atom. The summed E-state index contributed by atoms with van der Waals surface area (Å²) >= 11 is 11.5. The topological polar surface area (TPSA) is 110 Å². The van der Waals surface area contributed by atoms with Crippen molar-refractivity contribution in [3.8, 4) is 0 Å². The molecule has 0 aliphatic heterocycles. The largest absolute Gasteiger partial charge is 0.324 e. The summed E-state index contributed by atoms with van der Waals surface area (Å²) in [6, 6.07) is 10.2. The van der Waals surface area contributed by atoms with Crippen LogP contribution in [-0.2, 0) is 27.8 Å². The number of hydrogen-bond donors (Lipinski definition) is 2. The minimum Gasteiger partial charge on any atom is -0.324 e. The van der Waals surface area contributed by atoms with Crippen molar-refractivity contribution in [3.63, 3.8) is 0 Å². The molecule has 1 heterocycles. The van der Waals surface area contributed by atoms with Gasteiger partial charge in [-0.05, 0) is 48.7 Å². The van der Waals surface area contributed by atoms with Crippen LogP contribution >= 0.6 is 23.2 Å². The fourth-order valence-corrected chi connectivity index (χ4v) is 4.49. The van der Waals surface area contributed by atoms with Gasteiger partial charge in [0.05, 0.1) is 16.1 Å². The maximum atomic E-state index is 13.0. The molecular weight excluding hydrogens is 494 g/mol. The summed E-state index contributed by atoms with van der Waals surface area (Å²) in [6.07, 6.45) is 1.52. The summed E-state index contributed by atoms with van der Waals surface area (Å²) in [7, 11) is -3.88. The molecule has 1 amide bonds. The molecule has 0 spiro atoms. The molecule has 3 rings (SSSR count). The highest BCUT2D eigenvalue weighted by Gasteiger charge is 2.18. The first-order chi connectivity index (χ1) is 15.6. The Labute approximate surface area is 199 Å². The van der Waals surface area contributed by atoms with Crippen LogP contribution in [0.15, 0.2) is 58.4 Å². The lowest BCUT2D eigenvalue weighted by Crippen LogP contribution is -2.30. The monoisotopic (exact) mass is 512 g/mol. The number of benzene rings is 2. The number of anilines is 1. The Morgan fingerprint density at radius 3 is 2.55 bits per heavy atom. The molecule has 12 heteroatoms. The van der Waals surface area contributed by atoms with E-state index >= 15 is 0 Å². The number of rotatable bonds is 8. The fourth-order valence-electron chi connectivity index (χ4n) is 2.92. The summed E-state index contributed by atoms with van der Waals surface area (Å²) in [6.45, 7) is 1.29. The summed E-state index contributed by atoms with van der Waals surface area (Å²) in [4.78, 5) is 24.4. The molecule has 0 fully saturated rings. The molecule has 0 aliphatic rings. The van der Waals surface area contributed by atoms with E-state index in [9.17, 15) is 22.4 Å². The third kappa shape index (κ3) is 6.38. The third-order valence-electron chi connectivity index (χ3n) is 4.62. The second-order valence-electron chi connectivity index (χ2n) is 7.07. The van der Waals surface area contributed by atoms with Crippen LogP contribution in [0.4, 0.5) is 10.1 Å². The predicted molar refractivity (Wildman–Crippen MR) is 124 cm³/mol. The molecule has 2 aromatic carbocycles. The van der Waals surface area contributed by atoms with Gasteiger partial charge in [-0.1, -0.05) is 41.4 Å². The average molecular weight is 513 g/mol. The standard InChI is InChI=1S/C21H19Cl2FN4O4S/c1-13-2-7-16(27-19(29)12-28-21(30)20(23)17(22)11-25-28)10-18(13)33(31,32)26-9-8-14-3-5-15(24)6-4-14/h2-7,10-11,26H,8-9,12H2,1H3,(H,27,29). The summed E-state index contributed by atoms with van der Waals surface area (Å²) < 4.78 is 41.9. The van der Waals surface area contributed by atoms with Crippen LogP contribution in [0.1, 0.15) is 11.1 Å². The number of halogens is 3. The van der Waals surface area contributed by atoms with E-state index in [2.05, 4.69) is 15.1 Å². The van der Waals surface area contributed by atoms with Crippen molar-refractivity contribution in [3.05, 3.63) is 86.0 Å². The Balaban J connectivity index is 1.69. The number of hydrogen-bond acceptors (Lipinski definition) is 5. The fraction of sp³-hybridized carbons (Fsp3) is 0.190. The van der Waals surface area contributed by atoms with Crippen molar-refractivity contribution >= 4 is 44.8 Å². The number of aromatic nitrogens is 2. The number of nitrogens with one attached hydrogen (secondary N) is 2. The zero-order chi connectivity index (χ0) is 24.2. The summed E-state index contributed by atoms with van der Waals surface area (Å²) in [5.41, 5.74) is 0.752. The average Bonchev–Trinajstić information content (AvgIpc) is 2.76. The second-order valence-corrected chi connectivity index (χ2v) is 9.59. The lowest BCUT2D eigenvalue weighted by Gasteiger charge is -2.12. The van der Waals surface area contributed by atoms with Crippen molar-refractivity contribution in [1.82, 2.24) is 14.5 Å². The highest BCUT2D eigenvalue weighted by molar-refractivity contribution is 7.89. The molecular formula is C21H19Cl2FN4O4S. The number of carbonyl (C=O) groups is 1. The molecule has 0 radical (unpaired) electrons. The number of amides is 1. The van der Waals surface area contributed by atoms with Gasteiger partial charge in [-0.15, -0.1) is 0 Å². The van der Waals surface area contributed by atoms with E-state index in [0.717, 1.165) is 16.4 Å². The van der Waals surface area contributed by atoms with Gasteiger partial charge in [0.2, 0.25) is 15.9 Å². The smallest absolute Gasteiger partial charge is 0.287 e. The zero-order valence-corrected chi connectivity index (χ0v) is 19.6. The highest BCUT2D eigenvalue weighted by atomic mass is 35.5. The number of sulfonamides is 1. The lowest BCUT2D eigenvalue weighted by molar-refractivity contribution is -0.117. The third-order valence-corrected chi connectivity index (χ3v) is 6.97. The first-order valence-electron chi connectivity index (χ1n) is 9.62. The number of carbonyl (C=O) groups excluding carboxylic acids is 1. The van der Waals surface area contributed by atoms with E-state index in [0.29, 0.717) is 12.0 Å². The van der Waals surface area contributed by atoms with Gasteiger partial charge < -0.3 is 5.32 Å². The maximum absolute atomic E-state index is 13.0. The van der Waals surface area contributed by atoms with Crippen LogP contribution in [0.5, 0.6) is 0 Å². The first-order valence-corrected chi connectivity index (χ1v) is 11.9. The molecule has 33 heavy (non-hydrogen) atoms. The molecule has 8 nitrogen and oxygen atoms in total. The number of nitrogens with zero attached hydrogens (tertiary/aromatic N) is 2. The quantitative estimate of drug-likeness (QED) is 0.481. The van der Waals surface area contributed by atoms with E-state index < -0.39 is 28.0 Å². The van der Waals surface area contributed by atoms with E-state index in [1.165, 1.54) is 24.3 Å². The molecule has 0 unspecified atom stereocenters. The second kappa shape index (κ2) is 10.4. The lowest BCUT2D eigenvalue weighted by atomic mass is 10.1. The van der Waals surface area contributed by atoms with Gasteiger partial charge in [-0.25, -0.2) is 22.2 Å². The molecule has 0 saturated heterocycles. The molecule has 0 saturated carbocycles. The minimum absolute atomic E-state index is 0.00997. The molecule has 0 bridgehead atoms. The van der Waals surface area contributed by atoms with Crippen LogP contribution in [0.25, 0.3) is 0 Å². The van der Waals surface area contributed by atoms with Gasteiger partial charge in [0.25, 0.3) is 5.56 Å². The predicted octanol–water partition coefficient (Wildman–Crippen LogP) is 3.16. The Morgan fingerprint density at radius 1 is 1.15 bits per heavy atom. The summed E-state index contributed by atoms with van der Waals surface area (Å²) in [5, 5.41) is 6.01. The van der Waals surface area contributed by atoms with Crippen molar-refractivity contribution in [2.45, 2.75) is 24.8 Å². The van der Waals surface area contributed by atoms with E-state index in [4.69, 9.17) is 23.2 Å². The van der Waals surface area contributed by atoms with Crippen LogP contribution in [0.2, 0.25) is 10.0 Å². The van der Waals surface area contributed by atoms with Gasteiger partial charge in [0.1, 0.15) is 17.4 Å². The van der Waals surface area contributed by atoms with Gasteiger partial charge >= 0.3 is 0 Å². The van der Waals surface area contributed by atoms with Crippen molar-refractivity contribution in [2.24, 2.45) is 0 Å². The van der Waals surface area contributed by atoms with Crippen LogP contribution in [0, 0.1) is 12.7 Å². The normalized spacial score (nSPS) is 11.4. The van der Waals surface area contributed by atoms with Crippen molar-refractivity contribution in [2.75, 3.05) is 11.9 Å². The first kappa shape index (κ1) is 24.8. The van der Waals surface area contributed by atoms with E-state index in [1.807, 2.05) is 0 Å². The molecule has 3 aromatic rings. The van der Waals surface area contributed by atoms with Crippen LogP contribution < -0.4 is 15.6 Å². The summed E-state index contributed by atoms with van der Waals surface area (Å²) in [5.74, 6) is -0.979. The minimum atomic E-state index is -3.88. The molecule has 174 valence electrons. The van der Waals surface area contributed by atoms with Gasteiger partial charge in [-0.3, -0.25) is 9.59 Å². The van der Waals surface area contributed by atoms with E-state index in [-0.39, 0.29) is 33.0 Å². The van der Waals surface area contributed by atoms with Gasteiger partial charge in [0.15, 0.2) is 0 Å². The number of aryl methyl sites for hydroxylation is 1. The van der Waals surface area contributed by atoms with Gasteiger partial charge in [-0.2, -0.15) is 5.10 Å². The molecule has 2 N–H and O–H groups in total. The zero-order valence-electron chi connectivity index (χ0n) is 17.3. The van der Waals surface area contributed by atoms with Crippen molar-refractivity contribution in [1.29, 1.82) is 0 Å². The van der Waals surface area contributed by atoms with Crippen LogP contribution in [0.3, 0.4) is 0 Å². The van der Waals surface area contributed by atoms with E-state index in [1.54, 1.807) is 25.1 Å². The molecule has 0 atom stereocenters. The molecule has 1 aromatic heterocycles. The Bertz CT molecular complexity index is 1350. The maximum Gasteiger partial charge on any atom is 0.287 e. The Kier molecular flexibility index (Phi) is 7.85. The van der Waals surface area contributed by atoms with Crippen molar-refractivity contribution < 1.29 is 17.6 Å². The SMILES string of the molecule is Cc1ccc(NC(=O)Cn2ncc(Cl)c(Cl)c2=O)cc1S(=O)(=O)NCCc1ccc(F)cc1. The van der Waals surface area contributed by atoms with Crippen LogP contribution in [-0.4, -0.2) is 30.7 Å². The Hall–Kier alpha value is -2.79. The highest BCUT2D eigenvalue weighted by Crippen LogP contribution is 2.20. The van der Waals surface area contributed by atoms with Gasteiger partial charge in [0, 0.05) is 12.2 Å².